The minimum atomic E-state index is 0.0524. The SMILES string of the molecule is CC(N(C)CCCC(=O)Nc1ccc(N)cc1)C(C)(C)C. The lowest BCUT2D eigenvalue weighted by Gasteiger charge is -2.35. The van der Waals surface area contributed by atoms with Crippen molar-refractivity contribution in [2.45, 2.75) is 46.6 Å². The molecule has 21 heavy (non-hydrogen) atoms. The average Bonchev–Trinajstić information content (AvgIpc) is 2.39. The van der Waals surface area contributed by atoms with Crippen LogP contribution in [0.4, 0.5) is 11.4 Å². The highest BCUT2D eigenvalue weighted by Gasteiger charge is 2.23. The van der Waals surface area contributed by atoms with E-state index in [0.29, 0.717) is 18.2 Å². The fourth-order valence-corrected chi connectivity index (χ4v) is 2.13. The first-order valence-electron chi connectivity index (χ1n) is 7.56. The summed E-state index contributed by atoms with van der Waals surface area (Å²) >= 11 is 0. The Balaban J connectivity index is 2.32. The molecule has 4 nitrogen and oxygen atoms in total. The second-order valence-corrected chi connectivity index (χ2v) is 6.80. The van der Waals surface area contributed by atoms with E-state index in [1.165, 1.54) is 0 Å². The third kappa shape index (κ3) is 6.17. The van der Waals surface area contributed by atoms with E-state index in [1.807, 2.05) is 12.1 Å². The zero-order chi connectivity index (χ0) is 16.0. The lowest BCUT2D eigenvalue weighted by Crippen LogP contribution is -2.39. The quantitative estimate of drug-likeness (QED) is 0.790. The first kappa shape index (κ1) is 17.5. The van der Waals surface area contributed by atoms with Crippen LogP contribution in [0.2, 0.25) is 0 Å². The number of amides is 1. The number of rotatable bonds is 6. The number of nitrogens with zero attached hydrogens (tertiary/aromatic N) is 1. The topological polar surface area (TPSA) is 58.4 Å². The van der Waals surface area contributed by atoms with Crippen molar-refractivity contribution in [3.05, 3.63) is 24.3 Å². The number of nitrogens with two attached hydrogens (primary N) is 1. The molecule has 0 heterocycles. The standard InChI is InChI=1S/C17H29N3O/c1-13(17(2,3)4)20(5)12-6-7-16(21)19-15-10-8-14(18)9-11-15/h8-11,13H,6-7,12,18H2,1-5H3,(H,19,21). The molecule has 1 atom stereocenters. The Morgan fingerprint density at radius 1 is 1.29 bits per heavy atom. The van der Waals surface area contributed by atoms with E-state index in [-0.39, 0.29) is 11.3 Å². The summed E-state index contributed by atoms with van der Waals surface area (Å²) in [5, 5.41) is 2.89. The van der Waals surface area contributed by atoms with Crippen LogP contribution in [-0.2, 0) is 4.79 Å². The van der Waals surface area contributed by atoms with Crippen LogP contribution in [0, 0.1) is 5.41 Å². The maximum absolute atomic E-state index is 11.9. The van der Waals surface area contributed by atoms with E-state index < -0.39 is 0 Å². The van der Waals surface area contributed by atoms with Gasteiger partial charge in [0.25, 0.3) is 0 Å². The van der Waals surface area contributed by atoms with E-state index in [1.54, 1.807) is 12.1 Å². The molecule has 1 rings (SSSR count). The van der Waals surface area contributed by atoms with E-state index in [0.717, 1.165) is 18.7 Å². The summed E-state index contributed by atoms with van der Waals surface area (Å²) in [4.78, 5) is 14.2. The van der Waals surface area contributed by atoms with Gasteiger partial charge in [-0.15, -0.1) is 0 Å². The molecular weight excluding hydrogens is 262 g/mol. The van der Waals surface area contributed by atoms with E-state index in [4.69, 9.17) is 5.73 Å². The molecule has 0 aliphatic carbocycles. The number of hydrogen-bond donors (Lipinski definition) is 2. The van der Waals surface area contributed by atoms with E-state index in [2.05, 4.69) is 45.0 Å². The van der Waals surface area contributed by atoms with Gasteiger partial charge in [0.15, 0.2) is 0 Å². The van der Waals surface area contributed by atoms with Crippen molar-refractivity contribution in [2.75, 3.05) is 24.6 Å². The number of hydrogen-bond acceptors (Lipinski definition) is 3. The molecule has 0 saturated carbocycles. The maximum Gasteiger partial charge on any atom is 0.224 e. The average molecular weight is 291 g/mol. The molecule has 118 valence electrons. The van der Waals surface area contributed by atoms with E-state index in [9.17, 15) is 4.79 Å². The number of nitrogen functional groups attached to an aromatic ring is 1. The number of anilines is 2. The highest BCUT2D eigenvalue weighted by molar-refractivity contribution is 5.90. The molecule has 1 unspecified atom stereocenters. The molecule has 0 aliphatic heterocycles. The monoisotopic (exact) mass is 291 g/mol. The predicted octanol–water partition coefficient (Wildman–Crippen LogP) is 3.35. The highest BCUT2D eigenvalue weighted by atomic mass is 16.1. The predicted molar refractivity (Wildman–Crippen MR) is 90.3 cm³/mol. The van der Waals surface area contributed by atoms with Crippen molar-refractivity contribution in [3.8, 4) is 0 Å². The second-order valence-electron chi connectivity index (χ2n) is 6.80. The molecule has 3 N–H and O–H groups in total. The van der Waals surface area contributed by atoms with Gasteiger partial charge in [0.2, 0.25) is 5.91 Å². The van der Waals surface area contributed by atoms with Crippen molar-refractivity contribution in [1.29, 1.82) is 0 Å². The Kier molecular flexibility index (Phi) is 6.21. The molecule has 1 aromatic carbocycles. The first-order chi connectivity index (χ1) is 9.70. The zero-order valence-electron chi connectivity index (χ0n) is 13.9. The van der Waals surface area contributed by atoms with Gasteiger partial charge in [0.1, 0.15) is 0 Å². The van der Waals surface area contributed by atoms with Crippen molar-refractivity contribution >= 4 is 17.3 Å². The molecule has 0 aliphatic rings. The minimum absolute atomic E-state index is 0.0524. The largest absolute Gasteiger partial charge is 0.399 e. The van der Waals surface area contributed by atoms with Crippen molar-refractivity contribution in [3.63, 3.8) is 0 Å². The first-order valence-corrected chi connectivity index (χ1v) is 7.56. The van der Waals surface area contributed by atoms with Gasteiger partial charge in [-0.3, -0.25) is 4.79 Å². The summed E-state index contributed by atoms with van der Waals surface area (Å²) in [6.07, 6.45) is 1.39. The smallest absolute Gasteiger partial charge is 0.224 e. The lowest BCUT2D eigenvalue weighted by atomic mass is 9.87. The molecule has 0 saturated heterocycles. The van der Waals surface area contributed by atoms with Crippen LogP contribution in [0.15, 0.2) is 24.3 Å². The van der Waals surface area contributed by atoms with Gasteiger partial charge in [0, 0.05) is 23.8 Å². The van der Waals surface area contributed by atoms with Gasteiger partial charge in [-0.1, -0.05) is 20.8 Å². The highest BCUT2D eigenvalue weighted by Crippen LogP contribution is 2.23. The van der Waals surface area contributed by atoms with Gasteiger partial charge in [-0.2, -0.15) is 0 Å². The third-order valence-corrected chi connectivity index (χ3v) is 4.02. The molecule has 0 fully saturated rings. The molecule has 1 amide bonds. The summed E-state index contributed by atoms with van der Waals surface area (Å²) in [5.74, 6) is 0.0524. The van der Waals surface area contributed by atoms with Crippen LogP contribution in [0.1, 0.15) is 40.5 Å². The maximum atomic E-state index is 11.9. The van der Waals surface area contributed by atoms with Crippen molar-refractivity contribution < 1.29 is 4.79 Å². The van der Waals surface area contributed by atoms with E-state index >= 15 is 0 Å². The van der Waals surface area contributed by atoms with Gasteiger partial charge < -0.3 is 16.0 Å². The Hall–Kier alpha value is -1.55. The molecule has 0 bridgehead atoms. The normalized spacial score (nSPS) is 13.2. The Bertz CT molecular complexity index is 448. The zero-order valence-corrected chi connectivity index (χ0v) is 13.9. The molecule has 0 radical (unpaired) electrons. The van der Waals surface area contributed by atoms with Crippen LogP contribution in [0.5, 0.6) is 0 Å². The summed E-state index contributed by atoms with van der Waals surface area (Å²) in [5.41, 5.74) is 7.36. The Morgan fingerprint density at radius 2 is 1.86 bits per heavy atom. The number of benzene rings is 1. The van der Waals surface area contributed by atoms with Gasteiger partial charge >= 0.3 is 0 Å². The van der Waals surface area contributed by atoms with Crippen LogP contribution in [0.3, 0.4) is 0 Å². The fraction of sp³-hybridized carbons (Fsp3) is 0.588. The molecule has 0 aromatic heterocycles. The number of carbonyl (C=O) groups excluding carboxylic acids is 1. The molecule has 0 spiro atoms. The van der Waals surface area contributed by atoms with Crippen molar-refractivity contribution in [2.24, 2.45) is 5.41 Å². The minimum Gasteiger partial charge on any atom is -0.399 e. The summed E-state index contributed by atoms with van der Waals surface area (Å²) in [6.45, 7) is 9.87. The Labute approximate surface area is 128 Å². The van der Waals surface area contributed by atoms with Crippen LogP contribution in [0.25, 0.3) is 0 Å². The lowest BCUT2D eigenvalue weighted by molar-refractivity contribution is -0.116. The van der Waals surface area contributed by atoms with Gasteiger partial charge in [-0.25, -0.2) is 0 Å². The molecule has 1 aromatic rings. The van der Waals surface area contributed by atoms with Crippen molar-refractivity contribution in [1.82, 2.24) is 4.90 Å². The van der Waals surface area contributed by atoms with Crippen LogP contribution >= 0.6 is 0 Å². The van der Waals surface area contributed by atoms with Crippen LogP contribution in [-0.4, -0.2) is 30.4 Å². The number of carbonyl (C=O) groups is 1. The molecular formula is C17H29N3O. The summed E-state index contributed by atoms with van der Waals surface area (Å²) in [7, 11) is 2.12. The summed E-state index contributed by atoms with van der Waals surface area (Å²) in [6, 6.07) is 7.70. The number of nitrogens with one attached hydrogen (secondary N) is 1. The Morgan fingerprint density at radius 3 is 2.38 bits per heavy atom. The third-order valence-electron chi connectivity index (χ3n) is 4.02. The fourth-order valence-electron chi connectivity index (χ4n) is 2.13. The summed E-state index contributed by atoms with van der Waals surface area (Å²) < 4.78 is 0. The van der Waals surface area contributed by atoms with Gasteiger partial charge in [0.05, 0.1) is 0 Å². The van der Waals surface area contributed by atoms with Gasteiger partial charge in [-0.05, 0) is 56.6 Å². The molecule has 4 heteroatoms. The van der Waals surface area contributed by atoms with Crippen LogP contribution < -0.4 is 11.1 Å². The second kappa shape index (κ2) is 7.46.